The quantitative estimate of drug-likeness (QED) is 0.826. The van der Waals surface area contributed by atoms with Crippen molar-refractivity contribution in [1.29, 1.82) is 0 Å². The van der Waals surface area contributed by atoms with Gasteiger partial charge in [0.2, 0.25) is 0 Å². The number of carbonyl (C=O) groups excluding carboxylic acids is 1. The number of methoxy groups -OCH3 is 2. The van der Waals surface area contributed by atoms with E-state index in [0.717, 1.165) is 34.6 Å². The van der Waals surface area contributed by atoms with Crippen LogP contribution in [0.4, 0.5) is 0 Å². The third kappa shape index (κ3) is 3.93. The SMILES string of the molecule is COc1cc2c(cc1OC)CN(C(=O)COc1cc(C)cc(C)c1)CC2. The molecule has 138 valence electrons. The van der Waals surface area contributed by atoms with E-state index >= 15 is 0 Å². The minimum Gasteiger partial charge on any atom is -0.493 e. The molecule has 2 aromatic rings. The molecule has 0 bridgehead atoms. The molecule has 0 atom stereocenters. The second-order valence-corrected chi connectivity index (χ2v) is 6.65. The van der Waals surface area contributed by atoms with Gasteiger partial charge in [0.1, 0.15) is 5.75 Å². The van der Waals surface area contributed by atoms with Gasteiger partial charge in [-0.25, -0.2) is 0 Å². The Hall–Kier alpha value is -2.69. The number of nitrogens with zero attached hydrogens (tertiary/aromatic N) is 1. The van der Waals surface area contributed by atoms with Crippen molar-refractivity contribution in [2.45, 2.75) is 26.8 Å². The highest BCUT2D eigenvalue weighted by Gasteiger charge is 2.23. The molecular weight excluding hydrogens is 330 g/mol. The van der Waals surface area contributed by atoms with Crippen molar-refractivity contribution in [2.24, 2.45) is 0 Å². The normalized spacial score (nSPS) is 13.2. The molecule has 1 heterocycles. The molecule has 0 aliphatic carbocycles. The topological polar surface area (TPSA) is 48.0 Å². The lowest BCUT2D eigenvalue weighted by molar-refractivity contribution is -0.134. The van der Waals surface area contributed by atoms with E-state index in [4.69, 9.17) is 14.2 Å². The first-order valence-corrected chi connectivity index (χ1v) is 8.73. The van der Waals surface area contributed by atoms with Gasteiger partial charge in [-0.05, 0) is 66.8 Å². The molecule has 0 radical (unpaired) electrons. The van der Waals surface area contributed by atoms with Gasteiger partial charge in [-0.15, -0.1) is 0 Å². The summed E-state index contributed by atoms with van der Waals surface area (Å²) < 4.78 is 16.4. The maximum Gasteiger partial charge on any atom is 0.260 e. The molecule has 5 nitrogen and oxygen atoms in total. The molecular formula is C21H25NO4. The van der Waals surface area contributed by atoms with Crippen LogP contribution < -0.4 is 14.2 Å². The Morgan fingerprint density at radius 1 is 0.962 bits per heavy atom. The van der Waals surface area contributed by atoms with Crippen LogP contribution in [-0.2, 0) is 17.8 Å². The van der Waals surface area contributed by atoms with Crippen LogP contribution in [-0.4, -0.2) is 38.2 Å². The summed E-state index contributed by atoms with van der Waals surface area (Å²) >= 11 is 0. The summed E-state index contributed by atoms with van der Waals surface area (Å²) in [5, 5.41) is 0. The minimum absolute atomic E-state index is 0.00964. The van der Waals surface area contributed by atoms with Crippen molar-refractivity contribution in [2.75, 3.05) is 27.4 Å². The van der Waals surface area contributed by atoms with Crippen LogP contribution >= 0.6 is 0 Å². The van der Waals surface area contributed by atoms with E-state index in [0.29, 0.717) is 18.8 Å². The zero-order chi connectivity index (χ0) is 18.7. The van der Waals surface area contributed by atoms with Crippen LogP contribution in [0.15, 0.2) is 30.3 Å². The largest absolute Gasteiger partial charge is 0.493 e. The van der Waals surface area contributed by atoms with Crippen LogP contribution in [0.5, 0.6) is 17.2 Å². The third-order valence-corrected chi connectivity index (χ3v) is 4.63. The lowest BCUT2D eigenvalue weighted by Crippen LogP contribution is -2.38. The van der Waals surface area contributed by atoms with Crippen LogP contribution in [0.1, 0.15) is 22.3 Å². The number of benzene rings is 2. The predicted octanol–water partition coefficient (Wildman–Crippen LogP) is 3.28. The molecule has 0 N–H and O–H groups in total. The molecule has 0 spiro atoms. The number of amides is 1. The van der Waals surface area contributed by atoms with Gasteiger partial charge in [0.05, 0.1) is 14.2 Å². The fourth-order valence-corrected chi connectivity index (χ4v) is 3.35. The smallest absolute Gasteiger partial charge is 0.260 e. The van der Waals surface area contributed by atoms with E-state index < -0.39 is 0 Å². The van der Waals surface area contributed by atoms with Crippen molar-refractivity contribution in [3.05, 3.63) is 52.6 Å². The summed E-state index contributed by atoms with van der Waals surface area (Å²) in [7, 11) is 3.25. The number of rotatable bonds is 5. The van der Waals surface area contributed by atoms with Crippen molar-refractivity contribution >= 4 is 5.91 Å². The number of fused-ring (bicyclic) bond motifs is 1. The van der Waals surface area contributed by atoms with Gasteiger partial charge in [-0.2, -0.15) is 0 Å². The first-order chi connectivity index (χ1) is 12.5. The summed E-state index contributed by atoms with van der Waals surface area (Å²) in [4.78, 5) is 14.4. The van der Waals surface area contributed by atoms with E-state index in [-0.39, 0.29) is 12.5 Å². The van der Waals surface area contributed by atoms with Crippen molar-refractivity contribution in [3.8, 4) is 17.2 Å². The second kappa shape index (κ2) is 7.68. The molecule has 3 rings (SSSR count). The molecule has 26 heavy (non-hydrogen) atoms. The zero-order valence-corrected chi connectivity index (χ0v) is 15.8. The fraction of sp³-hybridized carbons (Fsp3) is 0.381. The molecule has 0 saturated heterocycles. The maximum atomic E-state index is 12.6. The van der Waals surface area contributed by atoms with Gasteiger partial charge >= 0.3 is 0 Å². The highest BCUT2D eigenvalue weighted by molar-refractivity contribution is 5.78. The molecule has 5 heteroatoms. The second-order valence-electron chi connectivity index (χ2n) is 6.65. The Kier molecular flexibility index (Phi) is 5.35. The van der Waals surface area contributed by atoms with Crippen LogP contribution in [0.25, 0.3) is 0 Å². The molecule has 0 fully saturated rings. The van der Waals surface area contributed by atoms with Gasteiger partial charge < -0.3 is 19.1 Å². The van der Waals surface area contributed by atoms with Crippen molar-refractivity contribution in [3.63, 3.8) is 0 Å². The van der Waals surface area contributed by atoms with E-state index in [1.54, 1.807) is 14.2 Å². The standard InChI is InChI=1S/C21H25NO4/c1-14-7-15(2)9-18(8-14)26-13-21(23)22-6-5-16-10-19(24-3)20(25-4)11-17(16)12-22/h7-11H,5-6,12-13H2,1-4H3. The summed E-state index contributed by atoms with van der Waals surface area (Å²) in [6, 6.07) is 9.93. The van der Waals surface area contributed by atoms with Gasteiger partial charge in [0, 0.05) is 13.1 Å². The lowest BCUT2D eigenvalue weighted by Gasteiger charge is -2.29. The molecule has 1 amide bonds. The number of hydrogen-bond acceptors (Lipinski definition) is 4. The van der Waals surface area contributed by atoms with Crippen LogP contribution in [0, 0.1) is 13.8 Å². The molecule has 2 aromatic carbocycles. The summed E-state index contributed by atoms with van der Waals surface area (Å²) in [6.45, 7) is 5.32. The highest BCUT2D eigenvalue weighted by atomic mass is 16.5. The monoisotopic (exact) mass is 355 g/mol. The molecule has 0 saturated carbocycles. The summed E-state index contributed by atoms with van der Waals surface area (Å²) in [6.07, 6.45) is 0.797. The Morgan fingerprint density at radius 3 is 2.19 bits per heavy atom. The summed E-state index contributed by atoms with van der Waals surface area (Å²) in [5.41, 5.74) is 4.54. The maximum absolute atomic E-state index is 12.6. The average molecular weight is 355 g/mol. The van der Waals surface area contributed by atoms with Crippen molar-refractivity contribution < 1.29 is 19.0 Å². The Balaban J connectivity index is 1.67. The summed E-state index contributed by atoms with van der Waals surface area (Å²) in [5.74, 6) is 2.14. The van der Waals surface area contributed by atoms with Crippen LogP contribution in [0.3, 0.4) is 0 Å². The highest BCUT2D eigenvalue weighted by Crippen LogP contribution is 2.33. The fourth-order valence-electron chi connectivity index (χ4n) is 3.35. The van der Waals surface area contributed by atoms with Crippen molar-refractivity contribution in [1.82, 2.24) is 4.90 Å². The Morgan fingerprint density at radius 2 is 1.58 bits per heavy atom. The van der Waals surface area contributed by atoms with E-state index in [1.807, 2.05) is 43.0 Å². The van der Waals surface area contributed by atoms with E-state index in [9.17, 15) is 4.79 Å². The zero-order valence-electron chi connectivity index (χ0n) is 15.8. The van der Waals surface area contributed by atoms with E-state index in [2.05, 4.69) is 6.07 Å². The number of ether oxygens (including phenoxy) is 3. The van der Waals surface area contributed by atoms with Gasteiger partial charge in [-0.3, -0.25) is 4.79 Å². The van der Waals surface area contributed by atoms with Crippen LogP contribution in [0.2, 0.25) is 0 Å². The predicted molar refractivity (Wildman–Crippen MR) is 100 cm³/mol. The molecule has 0 aromatic heterocycles. The van der Waals surface area contributed by atoms with Gasteiger partial charge in [0.25, 0.3) is 5.91 Å². The number of aryl methyl sites for hydroxylation is 2. The first kappa shape index (κ1) is 18.1. The molecule has 0 unspecified atom stereocenters. The Bertz CT molecular complexity index is 796. The minimum atomic E-state index is -0.00964. The van der Waals surface area contributed by atoms with Gasteiger partial charge in [-0.1, -0.05) is 6.07 Å². The first-order valence-electron chi connectivity index (χ1n) is 8.73. The number of hydrogen-bond donors (Lipinski definition) is 0. The average Bonchev–Trinajstić information content (AvgIpc) is 2.63. The van der Waals surface area contributed by atoms with Gasteiger partial charge in [0.15, 0.2) is 18.1 Å². The third-order valence-electron chi connectivity index (χ3n) is 4.63. The lowest BCUT2D eigenvalue weighted by atomic mass is 9.99. The molecule has 1 aliphatic heterocycles. The molecule has 1 aliphatic rings. The number of carbonyl (C=O) groups is 1. The van der Waals surface area contributed by atoms with E-state index in [1.165, 1.54) is 5.56 Å². The Labute approximate surface area is 154 Å².